The lowest BCUT2D eigenvalue weighted by Gasteiger charge is -2.16. The summed E-state index contributed by atoms with van der Waals surface area (Å²) in [6.07, 6.45) is 1.44. The van der Waals surface area contributed by atoms with Gasteiger partial charge in [0.05, 0.1) is 4.88 Å². The van der Waals surface area contributed by atoms with Gasteiger partial charge in [-0.15, -0.1) is 11.3 Å². The van der Waals surface area contributed by atoms with Crippen LogP contribution in [0.5, 0.6) is 0 Å². The fourth-order valence-corrected chi connectivity index (χ4v) is 3.09. The Labute approximate surface area is 123 Å². The summed E-state index contributed by atoms with van der Waals surface area (Å²) in [7, 11) is 1.94. The van der Waals surface area contributed by atoms with Gasteiger partial charge < -0.3 is 15.5 Å². The minimum Gasteiger partial charge on any atom is -0.351 e. The van der Waals surface area contributed by atoms with E-state index in [-0.39, 0.29) is 11.8 Å². The second kappa shape index (κ2) is 7.40. The number of hydrogen-bond donors (Lipinski definition) is 2. The Hall–Kier alpha value is -1.40. The largest absolute Gasteiger partial charge is 0.351 e. The molecule has 0 bridgehead atoms. The maximum absolute atomic E-state index is 12.0. The van der Waals surface area contributed by atoms with Crippen LogP contribution in [-0.2, 0) is 4.79 Å². The zero-order valence-corrected chi connectivity index (χ0v) is 12.5. The molecule has 6 heteroatoms. The quantitative estimate of drug-likeness (QED) is 0.821. The number of hydrogen-bond acceptors (Lipinski definition) is 4. The standard InChI is InChI=1S/C14H21N3O2S/c1-15-9-11-5-7-17(10-11)13(18)4-6-16-14(19)12-3-2-8-20-12/h2-3,8,11,15H,4-7,9-10H2,1H3,(H,16,19). The number of rotatable bonds is 6. The van der Waals surface area contributed by atoms with Crippen molar-refractivity contribution in [1.29, 1.82) is 0 Å². The molecule has 1 saturated heterocycles. The molecule has 2 rings (SSSR count). The third-order valence-electron chi connectivity index (χ3n) is 3.50. The molecule has 20 heavy (non-hydrogen) atoms. The lowest BCUT2D eigenvalue weighted by Crippen LogP contribution is -2.33. The summed E-state index contributed by atoms with van der Waals surface area (Å²) in [5.74, 6) is 0.599. The second-order valence-electron chi connectivity index (χ2n) is 5.04. The van der Waals surface area contributed by atoms with Crippen LogP contribution in [-0.4, -0.2) is 49.9 Å². The van der Waals surface area contributed by atoms with E-state index in [1.54, 1.807) is 6.07 Å². The third kappa shape index (κ3) is 4.05. The predicted octanol–water partition coefficient (Wildman–Crippen LogP) is 0.936. The highest BCUT2D eigenvalue weighted by molar-refractivity contribution is 7.12. The van der Waals surface area contributed by atoms with Crippen molar-refractivity contribution >= 4 is 23.2 Å². The molecule has 2 amide bonds. The molecule has 0 saturated carbocycles. The Morgan fingerprint density at radius 1 is 1.50 bits per heavy atom. The highest BCUT2D eigenvalue weighted by Crippen LogP contribution is 2.16. The van der Waals surface area contributed by atoms with E-state index in [0.29, 0.717) is 23.8 Å². The molecule has 0 aliphatic carbocycles. The van der Waals surface area contributed by atoms with Crippen molar-refractivity contribution in [3.63, 3.8) is 0 Å². The summed E-state index contributed by atoms with van der Waals surface area (Å²) in [6, 6.07) is 3.63. The van der Waals surface area contributed by atoms with Gasteiger partial charge in [-0.3, -0.25) is 9.59 Å². The molecule has 0 radical (unpaired) electrons. The van der Waals surface area contributed by atoms with Gasteiger partial charge in [0.2, 0.25) is 5.91 Å². The number of thiophene rings is 1. The van der Waals surface area contributed by atoms with Crippen molar-refractivity contribution in [3.05, 3.63) is 22.4 Å². The summed E-state index contributed by atoms with van der Waals surface area (Å²) < 4.78 is 0. The van der Waals surface area contributed by atoms with E-state index < -0.39 is 0 Å². The van der Waals surface area contributed by atoms with Crippen LogP contribution in [0.4, 0.5) is 0 Å². The minimum atomic E-state index is -0.0951. The molecular weight excluding hydrogens is 274 g/mol. The smallest absolute Gasteiger partial charge is 0.261 e. The van der Waals surface area contributed by atoms with Gasteiger partial charge in [0.25, 0.3) is 5.91 Å². The number of likely N-dealkylation sites (tertiary alicyclic amines) is 1. The molecule has 2 N–H and O–H groups in total. The molecule has 0 spiro atoms. The lowest BCUT2D eigenvalue weighted by atomic mass is 10.1. The van der Waals surface area contributed by atoms with Crippen LogP contribution in [0.25, 0.3) is 0 Å². The predicted molar refractivity (Wildman–Crippen MR) is 79.9 cm³/mol. The van der Waals surface area contributed by atoms with Gasteiger partial charge in [-0.05, 0) is 37.4 Å². The van der Waals surface area contributed by atoms with Gasteiger partial charge in [-0.25, -0.2) is 0 Å². The Morgan fingerprint density at radius 3 is 3.05 bits per heavy atom. The van der Waals surface area contributed by atoms with Gasteiger partial charge >= 0.3 is 0 Å². The van der Waals surface area contributed by atoms with E-state index in [4.69, 9.17) is 0 Å². The first-order valence-corrected chi connectivity index (χ1v) is 7.82. The summed E-state index contributed by atoms with van der Waals surface area (Å²) in [5.41, 5.74) is 0. The fraction of sp³-hybridized carbons (Fsp3) is 0.571. The summed E-state index contributed by atoms with van der Waals surface area (Å²) in [4.78, 5) is 26.3. The van der Waals surface area contributed by atoms with Crippen molar-refractivity contribution in [2.75, 3.05) is 33.2 Å². The van der Waals surface area contributed by atoms with Gasteiger partial charge in [-0.2, -0.15) is 0 Å². The maximum Gasteiger partial charge on any atom is 0.261 e. The summed E-state index contributed by atoms with van der Waals surface area (Å²) >= 11 is 1.41. The van der Waals surface area contributed by atoms with E-state index in [0.717, 1.165) is 26.1 Å². The fourth-order valence-electron chi connectivity index (χ4n) is 2.45. The van der Waals surface area contributed by atoms with Crippen LogP contribution < -0.4 is 10.6 Å². The van der Waals surface area contributed by atoms with Crippen molar-refractivity contribution < 1.29 is 9.59 Å². The molecule has 1 unspecified atom stereocenters. The van der Waals surface area contributed by atoms with Crippen LogP contribution in [0.2, 0.25) is 0 Å². The number of nitrogens with one attached hydrogen (secondary N) is 2. The number of carbonyl (C=O) groups excluding carboxylic acids is 2. The SMILES string of the molecule is CNCC1CCN(C(=O)CCNC(=O)c2cccs2)C1. The topological polar surface area (TPSA) is 61.4 Å². The highest BCUT2D eigenvalue weighted by atomic mass is 32.1. The highest BCUT2D eigenvalue weighted by Gasteiger charge is 2.25. The van der Waals surface area contributed by atoms with Gasteiger partial charge in [0, 0.05) is 26.1 Å². The van der Waals surface area contributed by atoms with Crippen LogP contribution in [0.3, 0.4) is 0 Å². The van der Waals surface area contributed by atoms with Gasteiger partial charge in [-0.1, -0.05) is 6.07 Å². The average Bonchev–Trinajstić information content (AvgIpc) is 3.10. The Kier molecular flexibility index (Phi) is 5.55. The molecule has 5 nitrogen and oxygen atoms in total. The Morgan fingerprint density at radius 2 is 2.35 bits per heavy atom. The molecule has 0 aromatic carbocycles. The van der Waals surface area contributed by atoms with Crippen molar-refractivity contribution in [3.8, 4) is 0 Å². The van der Waals surface area contributed by atoms with E-state index in [2.05, 4.69) is 10.6 Å². The lowest BCUT2D eigenvalue weighted by molar-refractivity contribution is -0.130. The Balaban J connectivity index is 1.67. The van der Waals surface area contributed by atoms with E-state index in [9.17, 15) is 9.59 Å². The molecule has 1 aromatic heterocycles. The van der Waals surface area contributed by atoms with E-state index in [1.165, 1.54) is 11.3 Å². The first-order chi connectivity index (χ1) is 9.70. The Bertz CT molecular complexity index is 447. The zero-order chi connectivity index (χ0) is 14.4. The van der Waals surface area contributed by atoms with Gasteiger partial charge in [0.15, 0.2) is 0 Å². The molecule has 1 aliphatic rings. The first-order valence-electron chi connectivity index (χ1n) is 6.94. The van der Waals surface area contributed by atoms with E-state index >= 15 is 0 Å². The van der Waals surface area contributed by atoms with Crippen LogP contribution in [0.15, 0.2) is 17.5 Å². The minimum absolute atomic E-state index is 0.0951. The number of nitrogens with zero attached hydrogens (tertiary/aromatic N) is 1. The molecule has 1 fully saturated rings. The maximum atomic E-state index is 12.0. The average molecular weight is 295 g/mol. The van der Waals surface area contributed by atoms with Crippen LogP contribution in [0, 0.1) is 5.92 Å². The molecule has 1 atom stereocenters. The molecule has 1 aliphatic heterocycles. The van der Waals surface area contributed by atoms with Crippen molar-refractivity contribution in [2.45, 2.75) is 12.8 Å². The summed E-state index contributed by atoms with van der Waals surface area (Å²) in [5, 5.41) is 7.80. The van der Waals surface area contributed by atoms with Crippen LogP contribution in [0.1, 0.15) is 22.5 Å². The van der Waals surface area contributed by atoms with Gasteiger partial charge in [0.1, 0.15) is 0 Å². The molecule has 1 aromatic rings. The van der Waals surface area contributed by atoms with Crippen molar-refractivity contribution in [1.82, 2.24) is 15.5 Å². The summed E-state index contributed by atoms with van der Waals surface area (Å²) in [6.45, 7) is 3.03. The molecule has 2 heterocycles. The zero-order valence-electron chi connectivity index (χ0n) is 11.7. The molecule has 110 valence electrons. The second-order valence-corrected chi connectivity index (χ2v) is 5.98. The number of amides is 2. The monoisotopic (exact) mass is 295 g/mol. The normalized spacial score (nSPS) is 18.2. The van der Waals surface area contributed by atoms with Crippen LogP contribution >= 0.6 is 11.3 Å². The van der Waals surface area contributed by atoms with Crippen molar-refractivity contribution in [2.24, 2.45) is 5.92 Å². The number of carbonyl (C=O) groups is 2. The molecular formula is C14H21N3O2S. The third-order valence-corrected chi connectivity index (χ3v) is 4.37. The first kappa shape index (κ1) is 15.0. The van der Waals surface area contributed by atoms with E-state index in [1.807, 2.05) is 23.4 Å².